The van der Waals surface area contributed by atoms with Crippen molar-refractivity contribution in [2.75, 3.05) is 6.61 Å². The summed E-state index contributed by atoms with van der Waals surface area (Å²) < 4.78 is 6.17. The molecule has 0 aromatic heterocycles. The summed E-state index contributed by atoms with van der Waals surface area (Å²) in [5.74, 6) is 0.979. The van der Waals surface area contributed by atoms with Crippen molar-refractivity contribution in [3.05, 3.63) is 102 Å². The summed E-state index contributed by atoms with van der Waals surface area (Å²) in [7, 11) is 0. The second-order valence-electron chi connectivity index (χ2n) is 12.9. The number of fused-ring (bicyclic) bond motifs is 3. The predicted molar refractivity (Wildman–Crippen MR) is 191 cm³/mol. The van der Waals surface area contributed by atoms with Gasteiger partial charge in [-0.1, -0.05) is 182 Å². The zero-order valence-corrected chi connectivity index (χ0v) is 27.3. The van der Waals surface area contributed by atoms with E-state index in [1.54, 1.807) is 0 Å². The fourth-order valence-corrected chi connectivity index (χ4v) is 6.96. The van der Waals surface area contributed by atoms with E-state index in [9.17, 15) is 0 Å². The molecule has 0 spiro atoms. The molecule has 1 nitrogen and oxygen atoms in total. The monoisotopic (exact) mass is 586 g/mol. The maximum absolute atomic E-state index is 6.17. The molecule has 44 heavy (non-hydrogen) atoms. The third kappa shape index (κ3) is 9.10. The average Bonchev–Trinajstić information content (AvgIpc) is 3.45. The Labute approximate surface area is 268 Å². The van der Waals surface area contributed by atoms with Crippen molar-refractivity contribution in [1.29, 1.82) is 0 Å². The SMILES string of the molecule is CCCCCCCCCCCCCCCCCCOc1ccc(-c2c(-c3ccccc3)ccc3c2Cc2ccccc2-3)cc1. The van der Waals surface area contributed by atoms with Crippen LogP contribution in [0.5, 0.6) is 5.75 Å². The Hall–Kier alpha value is -3.32. The zero-order chi connectivity index (χ0) is 30.2. The molecule has 0 radical (unpaired) electrons. The van der Waals surface area contributed by atoms with Gasteiger partial charge in [0.05, 0.1) is 6.61 Å². The Morgan fingerprint density at radius 3 is 1.64 bits per heavy atom. The molecule has 5 rings (SSSR count). The van der Waals surface area contributed by atoms with E-state index in [1.165, 1.54) is 141 Å². The van der Waals surface area contributed by atoms with Crippen molar-refractivity contribution in [1.82, 2.24) is 0 Å². The minimum absolute atomic E-state index is 0.809. The normalized spacial score (nSPS) is 11.8. The Balaban J connectivity index is 1.03. The fraction of sp³-hybridized carbons (Fsp3) is 0.442. The molecular formula is C43H54O. The fourth-order valence-electron chi connectivity index (χ4n) is 6.96. The first-order chi connectivity index (χ1) is 21.8. The second kappa shape index (κ2) is 17.8. The Morgan fingerprint density at radius 1 is 0.455 bits per heavy atom. The Bertz CT molecular complexity index is 1380. The third-order valence-corrected chi connectivity index (χ3v) is 9.48. The van der Waals surface area contributed by atoms with Crippen molar-refractivity contribution >= 4 is 0 Å². The molecule has 0 N–H and O–H groups in total. The highest BCUT2D eigenvalue weighted by atomic mass is 16.5. The van der Waals surface area contributed by atoms with E-state index in [1.807, 2.05) is 0 Å². The van der Waals surface area contributed by atoms with Crippen LogP contribution >= 0.6 is 0 Å². The lowest BCUT2D eigenvalue weighted by atomic mass is 9.88. The molecule has 0 unspecified atom stereocenters. The summed E-state index contributed by atoms with van der Waals surface area (Å²) in [5.41, 5.74) is 10.8. The smallest absolute Gasteiger partial charge is 0.119 e. The molecule has 1 aliphatic rings. The lowest BCUT2D eigenvalue weighted by Crippen LogP contribution is -1.98. The van der Waals surface area contributed by atoms with Crippen LogP contribution < -0.4 is 4.74 Å². The maximum atomic E-state index is 6.17. The van der Waals surface area contributed by atoms with Crippen LogP contribution in [-0.4, -0.2) is 6.61 Å². The van der Waals surface area contributed by atoms with Gasteiger partial charge in [0.25, 0.3) is 0 Å². The average molecular weight is 587 g/mol. The van der Waals surface area contributed by atoms with Crippen LogP contribution in [0.1, 0.15) is 121 Å². The molecule has 0 fully saturated rings. The van der Waals surface area contributed by atoms with E-state index in [4.69, 9.17) is 4.74 Å². The number of ether oxygens (including phenoxy) is 1. The van der Waals surface area contributed by atoms with Gasteiger partial charge in [-0.15, -0.1) is 0 Å². The molecular weight excluding hydrogens is 532 g/mol. The van der Waals surface area contributed by atoms with E-state index < -0.39 is 0 Å². The summed E-state index contributed by atoms with van der Waals surface area (Å²) in [6, 6.07) is 33.2. The van der Waals surface area contributed by atoms with E-state index >= 15 is 0 Å². The van der Waals surface area contributed by atoms with Crippen molar-refractivity contribution in [2.45, 2.75) is 116 Å². The van der Waals surface area contributed by atoms with E-state index in [0.717, 1.165) is 25.2 Å². The molecule has 0 saturated heterocycles. The van der Waals surface area contributed by atoms with Gasteiger partial charge in [0.2, 0.25) is 0 Å². The van der Waals surface area contributed by atoms with Crippen LogP contribution in [0.25, 0.3) is 33.4 Å². The number of unbranched alkanes of at least 4 members (excludes halogenated alkanes) is 15. The van der Waals surface area contributed by atoms with Gasteiger partial charge in [-0.25, -0.2) is 0 Å². The van der Waals surface area contributed by atoms with E-state index in [2.05, 4.69) is 97.9 Å². The largest absolute Gasteiger partial charge is 0.494 e. The summed E-state index contributed by atoms with van der Waals surface area (Å²) in [6.07, 6.45) is 23.3. The van der Waals surface area contributed by atoms with Crippen LogP contribution in [0, 0.1) is 0 Å². The zero-order valence-electron chi connectivity index (χ0n) is 27.3. The molecule has 0 saturated carbocycles. The van der Waals surface area contributed by atoms with Crippen molar-refractivity contribution in [3.8, 4) is 39.1 Å². The van der Waals surface area contributed by atoms with Gasteiger partial charge in [-0.05, 0) is 69.5 Å². The quantitative estimate of drug-likeness (QED) is 0.0824. The van der Waals surface area contributed by atoms with Gasteiger partial charge in [-0.2, -0.15) is 0 Å². The first kappa shape index (κ1) is 32.1. The molecule has 0 bridgehead atoms. The standard InChI is InChI=1S/C43H54O/c1-2-3-4-5-6-7-8-9-10-11-12-13-14-15-16-22-33-44-38-29-27-36(28-30-38)43-40(35-23-18-17-19-24-35)31-32-41-39-26-21-20-25-37(39)34-42(41)43/h17-21,23-32H,2-16,22,33-34H2,1H3. The highest BCUT2D eigenvalue weighted by molar-refractivity contribution is 5.93. The third-order valence-electron chi connectivity index (χ3n) is 9.48. The van der Waals surface area contributed by atoms with Crippen LogP contribution in [-0.2, 0) is 6.42 Å². The second-order valence-corrected chi connectivity index (χ2v) is 12.9. The number of benzene rings is 4. The van der Waals surface area contributed by atoms with Crippen LogP contribution in [0.3, 0.4) is 0 Å². The molecule has 4 aromatic carbocycles. The highest BCUT2D eigenvalue weighted by Gasteiger charge is 2.24. The van der Waals surface area contributed by atoms with E-state index in [0.29, 0.717) is 0 Å². The van der Waals surface area contributed by atoms with E-state index in [-0.39, 0.29) is 0 Å². The molecule has 0 amide bonds. The van der Waals surface area contributed by atoms with Gasteiger partial charge < -0.3 is 4.74 Å². The number of hydrogen-bond acceptors (Lipinski definition) is 1. The molecule has 0 aliphatic heterocycles. The Morgan fingerprint density at radius 2 is 1.00 bits per heavy atom. The topological polar surface area (TPSA) is 9.23 Å². The molecule has 1 aliphatic carbocycles. The van der Waals surface area contributed by atoms with Crippen LogP contribution in [0.4, 0.5) is 0 Å². The molecule has 0 heterocycles. The molecule has 232 valence electrons. The number of rotatable bonds is 20. The predicted octanol–water partition coefficient (Wildman–Crippen LogP) is 13.2. The molecule has 1 heteroatoms. The summed E-state index contributed by atoms with van der Waals surface area (Å²) in [6.45, 7) is 3.11. The highest BCUT2D eigenvalue weighted by Crippen LogP contribution is 2.46. The van der Waals surface area contributed by atoms with Gasteiger partial charge in [0, 0.05) is 0 Å². The lowest BCUT2D eigenvalue weighted by molar-refractivity contribution is 0.304. The summed E-state index contributed by atoms with van der Waals surface area (Å²) >= 11 is 0. The first-order valence-electron chi connectivity index (χ1n) is 17.9. The van der Waals surface area contributed by atoms with Gasteiger partial charge >= 0.3 is 0 Å². The van der Waals surface area contributed by atoms with Crippen LogP contribution in [0.2, 0.25) is 0 Å². The lowest BCUT2D eigenvalue weighted by Gasteiger charge is -2.16. The van der Waals surface area contributed by atoms with Gasteiger partial charge in [0.1, 0.15) is 5.75 Å². The van der Waals surface area contributed by atoms with Crippen molar-refractivity contribution in [2.24, 2.45) is 0 Å². The minimum Gasteiger partial charge on any atom is -0.494 e. The van der Waals surface area contributed by atoms with Gasteiger partial charge in [-0.3, -0.25) is 0 Å². The molecule has 4 aromatic rings. The van der Waals surface area contributed by atoms with Crippen LogP contribution in [0.15, 0.2) is 91.0 Å². The Kier molecular flexibility index (Phi) is 13.0. The van der Waals surface area contributed by atoms with Crippen molar-refractivity contribution in [3.63, 3.8) is 0 Å². The first-order valence-corrected chi connectivity index (χ1v) is 17.9. The summed E-state index contributed by atoms with van der Waals surface area (Å²) in [4.78, 5) is 0. The maximum Gasteiger partial charge on any atom is 0.119 e. The summed E-state index contributed by atoms with van der Waals surface area (Å²) in [5, 5.41) is 0. The van der Waals surface area contributed by atoms with Gasteiger partial charge in [0.15, 0.2) is 0 Å². The number of hydrogen-bond donors (Lipinski definition) is 0. The molecule has 0 atom stereocenters. The minimum atomic E-state index is 0.809. The van der Waals surface area contributed by atoms with Crippen molar-refractivity contribution < 1.29 is 4.74 Å².